The second kappa shape index (κ2) is 10.4. The SMILES string of the molecule is O=C(CCc1nnc(Cc2ccc3c(c2)OCO3)[nH]c1=O)NCCCN1CCOCC1. The maximum atomic E-state index is 12.3. The van der Waals surface area contributed by atoms with Gasteiger partial charge in [0.15, 0.2) is 11.5 Å². The predicted molar refractivity (Wildman–Crippen MR) is 111 cm³/mol. The van der Waals surface area contributed by atoms with E-state index in [1.165, 1.54) is 0 Å². The first-order valence-electron chi connectivity index (χ1n) is 10.6. The summed E-state index contributed by atoms with van der Waals surface area (Å²) in [4.78, 5) is 29.5. The van der Waals surface area contributed by atoms with Gasteiger partial charge >= 0.3 is 0 Å². The van der Waals surface area contributed by atoms with Crippen LogP contribution in [0.1, 0.15) is 29.9 Å². The van der Waals surface area contributed by atoms with Crippen molar-refractivity contribution in [2.75, 3.05) is 46.2 Å². The highest BCUT2D eigenvalue weighted by atomic mass is 16.7. The predicted octanol–water partition coefficient (Wildman–Crippen LogP) is 0.256. The summed E-state index contributed by atoms with van der Waals surface area (Å²) in [5, 5.41) is 11.0. The van der Waals surface area contributed by atoms with Gasteiger partial charge < -0.3 is 24.5 Å². The van der Waals surface area contributed by atoms with E-state index in [0.717, 1.165) is 44.8 Å². The van der Waals surface area contributed by atoms with E-state index in [9.17, 15) is 9.59 Å². The molecule has 0 radical (unpaired) electrons. The molecule has 3 heterocycles. The van der Waals surface area contributed by atoms with Crippen LogP contribution in [0.25, 0.3) is 0 Å². The summed E-state index contributed by atoms with van der Waals surface area (Å²) in [6.45, 7) is 5.22. The number of nitrogens with one attached hydrogen (secondary N) is 2. The first kappa shape index (κ1) is 21.3. The van der Waals surface area contributed by atoms with Crippen molar-refractivity contribution in [1.29, 1.82) is 0 Å². The summed E-state index contributed by atoms with van der Waals surface area (Å²) < 4.78 is 16.0. The number of rotatable bonds is 9. The van der Waals surface area contributed by atoms with E-state index in [1.54, 1.807) is 0 Å². The summed E-state index contributed by atoms with van der Waals surface area (Å²) in [6, 6.07) is 5.58. The van der Waals surface area contributed by atoms with Crippen LogP contribution in [0.15, 0.2) is 23.0 Å². The summed E-state index contributed by atoms with van der Waals surface area (Å²) in [7, 11) is 0. The molecular formula is C21H27N5O5. The van der Waals surface area contributed by atoms with Gasteiger partial charge in [-0.25, -0.2) is 0 Å². The maximum Gasteiger partial charge on any atom is 0.272 e. The van der Waals surface area contributed by atoms with Crippen LogP contribution < -0.4 is 20.3 Å². The van der Waals surface area contributed by atoms with Gasteiger partial charge in [0.2, 0.25) is 12.7 Å². The van der Waals surface area contributed by atoms with Crippen molar-refractivity contribution in [2.24, 2.45) is 0 Å². The van der Waals surface area contributed by atoms with Gasteiger partial charge in [-0.1, -0.05) is 6.07 Å². The lowest BCUT2D eigenvalue weighted by Crippen LogP contribution is -2.38. The number of carbonyl (C=O) groups is 1. The van der Waals surface area contributed by atoms with Crippen molar-refractivity contribution in [3.8, 4) is 11.5 Å². The van der Waals surface area contributed by atoms with Crippen LogP contribution in [0.3, 0.4) is 0 Å². The van der Waals surface area contributed by atoms with Crippen LogP contribution in [-0.4, -0.2) is 72.2 Å². The van der Waals surface area contributed by atoms with E-state index in [4.69, 9.17) is 14.2 Å². The van der Waals surface area contributed by atoms with Gasteiger partial charge in [0, 0.05) is 38.9 Å². The largest absolute Gasteiger partial charge is 0.454 e. The molecule has 166 valence electrons. The van der Waals surface area contributed by atoms with Crippen LogP contribution in [-0.2, 0) is 22.4 Å². The molecule has 0 atom stereocenters. The first-order chi connectivity index (χ1) is 15.2. The highest BCUT2D eigenvalue weighted by Crippen LogP contribution is 2.32. The van der Waals surface area contributed by atoms with Crippen molar-refractivity contribution in [3.05, 3.63) is 45.6 Å². The minimum atomic E-state index is -0.314. The molecule has 0 saturated carbocycles. The van der Waals surface area contributed by atoms with Gasteiger partial charge in [-0.2, -0.15) is 0 Å². The fourth-order valence-electron chi connectivity index (χ4n) is 3.56. The van der Waals surface area contributed by atoms with Gasteiger partial charge in [0.25, 0.3) is 5.56 Å². The molecule has 1 amide bonds. The third-order valence-corrected chi connectivity index (χ3v) is 5.29. The molecule has 31 heavy (non-hydrogen) atoms. The van der Waals surface area contributed by atoms with Crippen LogP contribution in [0.2, 0.25) is 0 Å². The highest BCUT2D eigenvalue weighted by molar-refractivity contribution is 5.76. The number of ether oxygens (including phenoxy) is 3. The van der Waals surface area contributed by atoms with Gasteiger partial charge in [0.1, 0.15) is 11.5 Å². The second-order valence-electron chi connectivity index (χ2n) is 7.57. The number of hydrogen-bond acceptors (Lipinski definition) is 8. The minimum Gasteiger partial charge on any atom is -0.454 e. The standard InChI is InChI=1S/C21H27N5O5/c27-20(22-6-1-7-26-8-10-29-11-9-26)5-3-16-21(28)23-19(25-24-16)13-15-2-4-17-18(12-15)31-14-30-17/h2,4,12H,1,3,5-11,13-14H2,(H,22,27)(H,23,25,28). The summed E-state index contributed by atoms with van der Waals surface area (Å²) in [5.74, 6) is 1.76. The Hall–Kier alpha value is -2.98. The molecule has 2 N–H and O–H groups in total. The van der Waals surface area contributed by atoms with Gasteiger partial charge in [-0.05, 0) is 30.7 Å². The number of amides is 1. The zero-order chi connectivity index (χ0) is 21.5. The fourth-order valence-corrected chi connectivity index (χ4v) is 3.56. The van der Waals surface area contributed by atoms with Crippen molar-refractivity contribution >= 4 is 5.91 Å². The molecule has 10 nitrogen and oxygen atoms in total. The maximum absolute atomic E-state index is 12.3. The molecule has 10 heteroatoms. The van der Waals surface area contributed by atoms with E-state index in [2.05, 4.69) is 25.4 Å². The Morgan fingerprint density at radius 2 is 2.00 bits per heavy atom. The lowest BCUT2D eigenvalue weighted by molar-refractivity contribution is -0.121. The number of aryl methyl sites for hydroxylation is 1. The summed E-state index contributed by atoms with van der Waals surface area (Å²) in [5.41, 5.74) is 0.877. The topological polar surface area (TPSA) is 119 Å². The molecule has 2 aromatic rings. The van der Waals surface area contributed by atoms with Gasteiger partial charge in [0.05, 0.1) is 13.2 Å². The third-order valence-electron chi connectivity index (χ3n) is 5.29. The summed E-state index contributed by atoms with van der Waals surface area (Å²) in [6.07, 6.45) is 1.77. The number of benzene rings is 1. The van der Waals surface area contributed by atoms with Crippen molar-refractivity contribution < 1.29 is 19.0 Å². The Bertz CT molecular complexity index is 957. The van der Waals surface area contributed by atoms with Crippen LogP contribution in [0, 0.1) is 0 Å². The molecule has 0 spiro atoms. The number of hydrogen-bond donors (Lipinski definition) is 2. The zero-order valence-electron chi connectivity index (χ0n) is 17.4. The van der Waals surface area contributed by atoms with Gasteiger partial charge in [-0.3, -0.25) is 14.5 Å². The monoisotopic (exact) mass is 429 g/mol. The Kier molecular flexibility index (Phi) is 7.11. The van der Waals surface area contributed by atoms with Crippen LogP contribution in [0.4, 0.5) is 0 Å². The van der Waals surface area contributed by atoms with Crippen molar-refractivity contribution in [2.45, 2.75) is 25.7 Å². The van der Waals surface area contributed by atoms with Crippen molar-refractivity contribution in [3.63, 3.8) is 0 Å². The Labute approximate surface area is 179 Å². The third kappa shape index (κ3) is 6.02. The molecule has 2 aliphatic heterocycles. The van der Waals surface area contributed by atoms with Gasteiger partial charge in [-0.15, -0.1) is 10.2 Å². The first-order valence-corrected chi connectivity index (χ1v) is 10.6. The lowest BCUT2D eigenvalue weighted by atomic mass is 10.1. The summed E-state index contributed by atoms with van der Waals surface area (Å²) >= 11 is 0. The quantitative estimate of drug-likeness (QED) is 0.545. The average Bonchev–Trinajstić information content (AvgIpc) is 3.25. The molecule has 0 unspecified atom stereocenters. The molecule has 1 fully saturated rings. The van der Waals surface area contributed by atoms with E-state index >= 15 is 0 Å². The number of carbonyl (C=O) groups excluding carboxylic acids is 1. The zero-order valence-corrected chi connectivity index (χ0v) is 17.4. The smallest absolute Gasteiger partial charge is 0.272 e. The number of nitrogens with zero attached hydrogens (tertiary/aromatic N) is 3. The molecule has 1 aromatic heterocycles. The Morgan fingerprint density at radius 1 is 1.16 bits per heavy atom. The van der Waals surface area contributed by atoms with Crippen LogP contribution in [0.5, 0.6) is 11.5 Å². The minimum absolute atomic E-state index is 0.0902. The van der Waals surface area contributed by atoms with Crippen molar-refractivity contribution in [1.82, 2.24) is 25.4 Å². The van der Waals surface area contributed by atoms with E-state index in [-0.39, 0.29) is 36.8 Å². The lowest BCUT2D eigenvalue weighted by Gasteiger charge is -2.26. The normalized spacial score (nSPS) is 15.7. The van der Waals surface area contributed by atoms with E-state index in [0.29, 0.717) is 30.3 Å². The number of aromatic nitrogens is 3. The second-order valence-corrected chi connectivity index (χ2v) is 7.57. The molecular weight excluding hydrogens is 402 g/mol. The molecule has 4 rings (SSSR count). The Balaban J connectivity index is 1.20. The highest BCUT2D eigenvalue weighted by Gasteiger charge is 2.15. The average molecular weight is 429 g/mol. The molecule has 0 aliphatic carbocycles. The molecule has 1 aromatic carbocycles. The molecule has 2 aliphatic rings. The van der Waals surface area contributed by atoms with Crippen LogP contribution >= 0.6 is 0 Å². The number of aromatic amines is 1. The van der Waals surface area contributed by atoms with E-state index < -0.39 is 0 Å². The number of fused-ring (bicyclic) bond motifs is 1. The van der Waals surface area contributed by atoms with E-state index in [1.807, 2.05) is 18.2 Å². The Morgan fingerprint density at radius 3 is 2.84 bits per heavy atom. The number of morpholine rings is 1. The fraction of sp³-hybridized carbons (Fsp3) is 0.524. The number of H-pyrrole nitrogens is 1. The molecule has 0 bridgehead atoms. The molecule has 1 saturated heterocycles.